The number of hydrogen-bond donors (Lipinski definition) is 1. The van der Waals surface area contributed by atoms with E-state index in [1.807, 2.05) is 10.6 Å². The standard InChI is InChI=1S/C15H18BrN5O/c16-13-12-14(17)18-6-7-20(12)15(19-13)9-4-5-10-2-1-3-11(22)21(10)8-9/h6-7,9-10H,1-5,8H2,(H2,17,18). The molecule has 2 aliphatic rings. The predicted molar refractivity (Wildman–Crippen MR) is 86.4 cm³/mol. The molecule has 0 bridgehead atoms. The van der Waals surface area contributed by atoms with Gasteiger partial charge in [-0.25, -0.2) is 9.97 Å². The van der Waals surface area contributed by atoms with Gasteiger partial charge in [-0.1, -0.05) is 0 Å². The maximum Gasteiger partial charge on any atom is 0.222 e. The van der Waals surface area contributed by atoms with Gasteiger partial charge in [0, 0.05) is 37.3 Å². The molecule has 22 heavy (non-hydrogen) atoms. The van der Waals surface area contributed by atoms with Crippen LogP contribution in [0.3, 0.4) is 0 Å². The number of anilines is 1. The van der Waals surface area contributed by atoms with Gasteiger partial charge in [0.1, 0.15) is 15.9 Å². The van der Waals surface area contributed by atoms with Crippen LogP contribution in [0.25, 0.3) is 5.52 Å². The highest BCUT2D eigenvalue weighted by Crippen LogP contribution is 2.36. The van der Waals surface area contributed by atoms with E-state index in [2.05, 4.69) is 30.8 Å². The summed E-state index contributed by atoms with van der Waals surface area (Å²) in [6.07, 6.45) is 8.56. The zero-order valence-electron chi connectivity index (χ0n) is 12.2. The first-order valence-corrected chi connectivity index (χ1v) is 8.52. The number of piperidine rings is 2. The third-order valence-electron chi connectivity index (χ3n) is 4.89. The van der Waals surface area contributed by atoms with Crippen LogP contribution in [0.4, 0.5) is 5.82 Å². The van der Waals surface area contributed by atoms with Gasteiger partial charge in [0.05, 0.1) is 0 Å². The van der Waals surface area contributed by atoms with Gasteiger partial charge in [0.2, 0.25) is 5.91 Å². The molecule has 4 heterocycles. The smallest absolute Gasteiger partial charge is 0.222 e. The summed E-state index contributed by atoms with van der Waals surface area (Å²) in [4.78, 5) is 23.0. The molecule has 7 heteroatoms. The number of nitrogens with two attached hydrogens (primary N) is 1. The number of carbonyl (C=O) groups is 1. The number of carbonyl (C=O) groups excluding carboxylic acids is 1. The van der Waals surface area contributed by atoms with Crippen molar-refractivity contribution in [3.63, 3.8) is 0 Å². The minimum absolute atomic E-state index is 0.249. The predicted octanol–water partition coefficient (Wildman–Crippen LogP) is 2.33. The highest BCUT2D eigenvalue weighted by molar-refractivity contribution is 9.10. The van der Waals surface area contributed by atoms with Crippen molar-refractivity contribution in [2.75, 3.05) is 12.3 Å². The van der Waals surface area contributed by atoms with Crippen molar-refractivity contribution in [2.45, 2.75) is 44.1 Å². The average Bonchev–Trinajstić information content (AvgIpc) is 2.86. The van der Waals surface area contributed by atoms with Crippen LogP contribution in [-0.4, -0.2) is 37.8 Å². The van der Waals surface area contributed by atoms with E-state index in [1.165, 1.54) is 0 Å². The molecule has 0 saturated carbocycles. The number of nitrogens with zero attached hydrogens (tertiary/aromatic N) is 4. The number of imidazole rings is 1. The Balaban J connectivity index is 1.71. The first kappa shape index (κ1) is 14.0. The number of amides is 1. The van der Waals surface area contributed by atoms with Crippen molar-refractivity contribution in [3.05, 3.63) is 22.8 Å². The molecule has 1 amide bonds. The average molecular weight is 364 g/mol. The SMILES string of the molecule is Nc1nccn2c(C3CCC4CCCC(=O)N4C3)nc(Br)c12. The lowest BCUT2D eigenvalue weighted by atomic mass is 9.87. The number of rotatable bonds is 1. The summed E-state index contributed by atoms with van der Waals surface area (Å²) in [6, 6.07) is 0.430. The van der Waals surface area contributed by atoms with Gasteiger partial charge >= 0.3 is 0 Å². The topological polar surface area (TPSA) is 76.5 Å². The summed E-state index contributed by atoms with van der Waals surface area (Å²) in [6.45, 7) is 0.761. The molecule has 2 aromatic rings. The molecule has 0 aromatic carbocycles. The molecule has 2 fully saturated rings. The van der Waals surface area contributed by atoms with Gasteiger partial charge in [0.25, 0.3) is 0 Å². The second-order valence-electron chi connectivity index (χ2n) is 6.16. The molecule has 0 spiro atoms. The van der Waals surface area contributed by atoms with Crippen molar-refractivity contribution < 1.29 is 4.79 Å². The third kappa shape index (κ3) is 2.10. The molecule has 4 rings (SSSR count). The summed E-state index contributed by atoms with van der Waals surface area (Å²) < 4.78 is 2.73. The zero-order chi connectivity index (χ0) is 15.3. The van der Waals surface area contributed by atoms with E-state index in [9.17, 15) is 4.79 Å². The lowest BCUT2D eigenvalue weighted by molar-refractivity contribution is -0.138. The molecule has 2 aliphatic heterocycles. The molecule has 6 nitrogen and oxygen atoms in total. The summed E-state index contributed by atoms with van der Waals surface area (Å²) in [5, 5.41) is 0. The normalized spacial score (nSPS) is 25.5. The lowest BCUT2D eigenvalue weighted by Crippen LogP contribution is -2.48. The number of halogens is 1. The minimum Gasteiger partial charge on any atom is -0.382 e. The van der Waals surface area contributed by atoms with Crippen LogP contribution in [0, 0.1) is 0 Å². The molecule has 2 N–H and O–H groups in total. The van der Waals surface area contributed by atoms with Crippen LogP contribution in [-0.2, 0) is 4.79 Å². The number of aromatic nitrogens is 3. The Labute approximate surface area is 136 Å². The summed E-state index contributed by atoms with van der Waals surface area (Å²) >= 11 is 3.48. The lowest BCUT2D eigenvalue weighted by Gasteiger charge is -2.42. The number of nitrogen functional groups attached to an aromatic ring is 1. The maximum atomic E-state index is 12.2. The summed E-state index contributed by atoms with van der Waals surface area (Å²) in [7, 11) is 0. The van der Waals surface area contributed by atoms with Crippen molar-refractivity contribution in [1.29, 1.82) is 0 Å². The Hall–Kier alpha value is -1.63. The van der Waals surface area contributed by atoms with E-state index in [4.69, 9.17) is 5.73 Å². The van der Waals surface area contributed by atoms with Crippen LogP contribution in [0.1, 0.15) is 43.8 Å². The van der Waals surface area contributed by atoms with E-state index in [0.717, 1.165) is 48.2 Å². The maximum absolute atomic E-state index is 12.2. The molecular weight excluding hydrogens is 346 g/mol. The second kappa shape index (κ2) is 5.22. The van der Waals surface area contributed by atoms with Gasteiger partial charge < -0.3 is 10.6 Å². The van der Waals surface area contributed by atoms with E-state index >= 15 is 0 Å². The summed E-state index contributed by atoms with van der Waals surface area (Å²) in [5.41, 5.74) is 6.77. The highest BCUT2D eigenvalue weighted by atomic mass is 79.9. The highest BCUT2D eigenvalue weighted by Gasteiger charge is 2.36. The van der Waals surface area contributed by atoms with Gasteiger partial charge in [-0.3, -0.25) is 9.20 Å². The quantitative estimate of drug-likeness (QED) is 0.843. The summed E-state index contributed by atoms with van der Waals surface area (Å²) in [5.74, 6) is 1.98. The van der Waals surface area contributed by atoms with E-state index in [1.54, 1.807) is 6.20 Å². The number of fused-ring (bicyclic) bond motifs is 2. The van der Waals surface area contributed by atoms with Gasteiger partial charge in [-0.05, 0) is 41.6 Å². The fourth-order valence-corrected chi connectivity index (χ4v) is 4.38. The first-order valence-electron chi connectivity index (χ1n) is 7.72. The molecule has 2 saturated heterocycles. The fourth-order valence-electron chi connectivity index (χ4n) is 3.81. The van der Waals surface area contributed by atoms with Crippen molar-refractivity contribution >= 4 is 33.2 Å². The molecule has 0 aliphatic carbocycles. The molecule has 116 valence electrons. The Morgan fingerprint density at radius 3 is 3.05 bits per heavy atom. The Kier molecular flexibility index (Phi) is 3.32. The van der Waals surface area contributed by atoms with Gasteiger partial charge in [0.15, 0.2) is 5.82 Å². The zero-order valence-corrected chi connectivity index (χ0v) is 13.8. The molecule has 2 unspecified atom stereocenters. The van der Waals surface area contributed by atoms with Crippen LogP contribution in [0.15, 0.2) is 17.0 Å². The second-order valence-corrected chi connectivity index (χ2v) is 6.91. The Bertz CT molecular complexity index is 743. The van der Waals surface area contributed by atoms with Gasteiger partial charge in [-0.15, -0.1) is 0 Å². The van der Waals surface area contributed by atoms with Crippen LogP contribution < -0.4 is 5.73 Å². The van der Waals surface area contributed by atoms with Crippen molar-refractivity contribution in [1.82, 2.24) is 19.3 Å². The van der Waals surface area contributed by atoms with Crippen molar-refractivity contribution in [3.8, 4) is 0 Å². The first-order chi connectivity index (χ1) is 10.6. The Morgan fingerprint density at radius 2 is 2.18 bits per heavy atom. The third-order valence-corrected chi connectivity index (χ3v) is 5.44. The van der Waals surface area contributed by atoms with E-state index < -0.39 is 0 Å². The van der Waals surface area contributed by atoms with Crippen LogP contribution >= 0.6 is 15.9 Å². The van der Waals surface area contributed by atoms with Crippen LogP contribution in [0.2, 0.25) is 0 Å². The monoisotopic (exact) mass is 363 g/mol. The minimum atomic E-state index is 0.249. The number of hydrogen-bond acceptors (Lipinski definition) is 4. The molecule has 2 atom stereocenters. The van der Waals surface area contributed by atoms with E-state index in [-0.39, 0.29) is 5.92 Å². The van der Waals surface area contributed by atoms with E-state index in [0.29, 0.717) is 24.2 Å². The molecular formula is C15H18BrN5O. The molecule has 0 radical (unpaired) electrons. The van der Waals surface area contributed by atoms with Crippen LogP contribution in [0.5, 0.6) is 0 Å². The van der Waals surface area contributed by atoms with Crippen molar-refractivity contribution in [2.24, 2.45) is 0 Å². The van der Waals surface area contributed by atoms with Gasteiger partial charge in [-0.2, -0.15) is 0 Å². The Morgan fingerprint density at radius 1 is 1.32 bits per heavy atom. The fraction of sp³-hybridized carbons (Fsp3) is 0.533. The largest absolute Gasteiger partial charge is 0.382 e. The molecule has 2 aromatic heterocycles.